The molecule has 0 saturated heterocycles. The third-order valence-electron chi connectivity index (χ3n) is 3.41. The monoisotopic (exact) mass is 313 g/mol. The van der Waals surface area contributed by atoms with E-state index in [4.69, 9.17) is 11.6 Å². The summed E-state index contributed by atoms with van der Waals surface area (Å²) in [6, 6.07) is 10.3. The molecule has 4 aromatic rings. The fourth-order valence-electron chi connectivity index (χ4n) is 2.37. The summed E-state index contributed by atoms with van der Waals surface area (Å²) in [6.07, 6.45) is 1.91. The zero-order valence-corrected chi connectivity index (χ0v) is 12.0. The van der Waals surface area contributed by atoms with Crippen LogP contribution in [0.5, 0.6) is 0 Å². The van der Waals surface area contributed by atoms with Gasteiger partial charge in [-0.3, -0.25) is 4.98 Å². The van der Waals surface area contributed by atoms with E-state index in [9.17, 15) is 4.39 Å². The number of halogens is 2. The molecule has 0 bridgehead atoms. The van der Waals surface area contributed by atoms with Crippen molar-refractivity contribution >= 4 is 28.2 Å². The summed E-state index contributed by atoms with van der Waals surface area (Å²) in [5, 5.41) is 13.4. The molecule has 7 heteroatoms. The largest absolute Gasteiger partial charge is 0.256 e. The van der Waals surface area contributed by atoms with Crippen molar-refractivity contribution in [2.24, 2.45) is 0 Å². The topological polar surface area (TPSA) is 56.0 Å². The first kappa shape index (κ1) is 13.1. The second kappa shape index (κ2) is 4.99. The van der Waals surface area contributed by atoms with Gasteiger partial charge in [0.25, 0.3) is 0 Å². The third kappa shape index (κ3) is 2.17. The van der Waals surface area contributed by atoms with Gasteiger partial charge in [-0.25, -0.2) is 4.39 Å². The Bertz CT molecular complexity index is 998. The zero-order chi connectivity index (χ0) is 15.1. The van der Waals surface area contributed by atoms with Crippen LogP contribution < -0.4 is 0 Å². The highest BCUT2D eigenvalue weighted by atomic mass is 35.5. The van der Waals surface area contributed by atoms with Crippen LogP contribution in [0.1, 0.15) is 11.4 Å². The van der Waals surface area contributed by atoms with E-state index < -0.39 is 0 Å². The molecule has 0 aliphatic rings. The maximum absolute atomic E-state index is 14.2. The molecule has 0 amide bonds. The molecule has 0 aliphatic carbocycles. The van der Waals surface area contributed by atoms with Crippen LogP contribution in [0.25, 0.3) is 16.6 Å². The minimum Gasteiger partial charge on any atom is -0.256 e. The van der Waals surface area contributed by atoms with Gasteiger partial charge in [0.2, 0.25) is 0 Å². The predicted molar refractivity (Wildman–Crippen MR) is 80.3 cm³/mol. The van der Waals surface area contributed by atoms with Crippen LogP contribution in [-0.2, 0) is 6.42 Å². The van der Waals surface area contributed by atoms with Crippen LogP contribution in [0.15, 0.2) is 42.6 Å². The molecular formula is C15H9ClFN5. The summed E-state index contributed by atoms with van der Waals surface area (Å²) in [5.41, 5.74) is 1.70. The molecule has 5 nitrogen and oxygen atoms in total. The van der Waals surface area contributed by atoms with Crippen molar-refractivity contribution in [2.75, 3.05) is 0 Å². The van der Waals surface area contributed by atoms with Crippen molar-refractivity contribution in [3.63, 3.8) is 0 Å². The maximum atomic E-state index is 14.2. The van der Waals surface area contributed by atoms with Gasteiger partial charge in [0.05, 0.1) is 5.52 Å². The molecule has 3 heterocycles. The average Bonchev–Trinajstić information content (AvgIpc) is 2.90. The van der Waals surface area contributed by atoms with Crippen molar-refractivity contribution in [1.29, 1.82) is 0 Å². The van der Waals surface area contributed by atoms with Crippen LogP contribution in [0.4, 0.5) is 4.39 Å². The van der Waals surface area contributed by atoms with Gasteiger partial charge in [-0.05, 0) is 29.8 Å². The Morgan fingerprint density at radius 2 is 2.05 bits per heavy atom. The lowest BCUT2D eigenvalue weighted by molar-refractivity contribution is 0.612. The Balaban J connectivity index is 1.82. The first-order valence-electron chi connectivity index (χ1n) is 6.61. The molecule has 0 N–H and O–H groups in total. The van der Waals surface area contributed by atoms with Crippen LogP contribution in [0.2, 0.25) is 5.15 Å². The van der Waals surface area contributed by atoms with E-state index in [2.05, 4.69) is 20.3 Å². The lowest BCUT2D eigenvalue weighted by atomic mass is 10.1. The normalized spacial score (nSPS) is 11.4. The van der Waals surface area contributed by atoms with Crippen molar-refractivity contribution in [2.45, 2.75) is 6.42 Å². The fourth-order valence-corrected chi connectivity index (χ4v) is 2.51. The van der Waals surface area contributed by atoms with Gasteiger partial charge in [-0.1, -0.05) is 17.7 Å². The molecule has 4 rings (SSSR count). The minimum atomic E-state index is -0.329. The van der Waals surface area contributed by atoms with E-state index in [-0.39, 0.29) is 12.2 Å². The summed E-state index contributed by atoms with van der Waals surface area (Å²) >= 11 is 5.89. The van der Waals surface area contributed by atoms with Crippen LogP contribution in [-0.4, -0.2) is 24.8 Å². The van der Waals surface area contributed by atoms with Gasteiger partial charge in [0, 0.05) is 24.1 Å². The molecule has 0 saturated carbocycles. The van der Waals surface area contributed by atoms with Crippen LogP contribution >= 0.6 is 11.6 Å². The van der Waals surface area contributed by atoms with Crippen LogP contribution in [0.3, 0.4) is 0 Å². The van der Waals surface area contributed by atoms with Crippen molar-refractivity contribution in [3.05, 3.63) is 65.0 Å². The number of hydrogen-bond acceptors (Lipinski definition) is 4. The second-order valence-electron chi connectivity index (χ2n) is 4.86. The molecule has 0 radical (unpaired) electrons. The molecule has 0 aliphatic heterocycles. The number of hydrogen-bond donors (Lipinski definition) is 0. The summed E-state index contributed by atoms with van der Waals surface area (Å²) in [6.45, 7) is 0. The number of nitrogens with zero attached hydrogens (tertiary/aromatic N) is 5. The Kier molecular flexibility index (Phi) is 2.97. The highest BCUT2D eigenvalue weighted by Gasteiger charge is 2.12. The molecule has 0 atom stereocenters. The van der Waals surface area contributed by atoms with Gasteiger partial charge in [0.15, 0.2) is 11.5 Å². The first-order valence-corrected chi connectivity index (χ1v) is 6.98. The van der Waals surface area contributed by atoms with Crippen LogP contribution in [0, 0.1) is 5.82 Å². The van der Waals surface area contributed by atoms with Gasteiger partial charge >= 0.3 is 0 Å². The molecular weight excluding hydrogens is 305 g/mol. The van der Waals surface area contributed by atoms with Crippen molar-refractivity contribution < 1.29 is 4.39 Å². The zero-order valence-electron chi connectivity index (χ0n) is 11.2. The number of aromatic nitrogens is 5. The van der Waals surface area contributed by atoms with E-state index >= 15 is 0 Å². The van der Waals surface area contributed by atoms with Gasteiger partial charge in [0.1, 0.15) is 11.0 Å². The molecule has 3 aromatic heterocycles. The first-order chi connectivity index (χ1) is 10.7. The van der Waals surface area contributed by atoms with Gasteiger partial charge in [-0.2, -0.15) is 9.61 Å². The molecule has 1 aromatic carbocycles. The summed E-state index contributed by atoms with van der Waals surface area (Å²) in [4.78, 5) is 4.14. The number of rotatable bonds is 2. The quantitative estimate of drug-likeness (QED) is 0.571. The minimum absolute atomic E-state index is 0.269. The van der Waals surface area contributed by atoms with E-state index in [0.717, 1.165) is 5.39 Å². The smallest absolute Gasteiger partial charge is 0.178 e. The summed E-state index contributed by atoms with van der Waals surface area (Å²) < 4.78 is 15.8. The SMILES string of the molecule is Fc1cc2ncccc2cc1Cc1nnc2ccc(Cl)nn12. The molecule has 0 unspecified atom stereocenters. The predicted octanol–water partition coefficient (Wildman–Crippen LogP) is 3.06. The summed E-state index contributed by atoms with van der Waals surface area (Å²) in [7, 11) is 0. The van der Waals surface area contributed by atoms with Crippen molar-refractivity contribution in [1.82, 2.24) is 24.8 Å². The Hall–Kier alpha value is -2.60. The third-order valence-corrected chi connectivity index (χ3v) is 3.62. The molecule has 22 heavy (non-hydrogen) atoms. The van der Waals surface area contributed by atoms with Gasteiger partial charge in [-0.15, -0.1) is 10.2 Å². The maximum Gasteiger partial charge on any atom is 0.178 e. The Morgan fingerprint density at radius 3 is 2.95 bits per heavy atom. The lowest BCUT2D eigenvalue weighted by Crippen LogP contribution is -2.02. The number of fused-ring (bicyclic) bond motifs is 2. The highest BCUT2D eigenvalue weighted by molar-refractivity contribution is 6.29. The standard InChI is InChI=1S/C15H9ClFN5/c16-13-3-4-14-19-20-15(22(14)21-13)7-10-6-9-2-1-5-18-12(9)8-11(10)17/h1-6,8H,7H2. The van der Waals surface area contributed by atoms with E-state index in [1.54, 1.807) is 24.4 Å². The van der Waals surface area contributed by atoms with Gasteiger partial charge < -0.3 is 0 Å². The summed E-state index contributed by atoms with van der Waals surface area (Å²) in [5.74, 6) is 0.199. The molecule has 0 fully saturated rings. The Morgan fingerprint density at radius 1 is 1.14 bits per heavy atom. The fraction of sp³-hybridized carbons (Fsp3) is 0.0667. The van der Waals surface area contributed by atoms with Crippen molar-refractivity contribution in [3.8, 4) is 0 Å². The highest BCUT2D eigenvalue weighted by Crippen LogP contribution is 2.20. The lowest BCUT2D eigenvalue weighted by Gasteiger charge is -2.04. The van der Waals surface area contributed by atoms with E-state index in [1.807, 2.05) is 12.1 Å². The van der Waals surface area contributed by atoms with E-state index in [1.165, 1.54) is 10.6 Å². The Labute approximate surface area is 129 Å². The molecule has 0 spiro atoms. The number of benzene rings is 1. The number of pyridine rings is 1. The second-order valence-corrected chi connectivity index (χ2v) is 5.25. The molecule has 108 valence electrons. The van der Waals surface area contributed by atoms with E-state index in [0.29, 0.717) is 27.7 Å². The average molecular weight is 314 g/mol.